The number of H-pyrrole nitrogens is 1. The van der Waals surface area contributed by atoms with Crippen LogP contribution in [-0.4, -0.2) is 17.2 Å². The molecule has 0 unspecified atom stereocenters. The van der Waals surface area contributed by atoms with Crippen molar-refractivity contribution >= 4 is 21.8 Å². The minimum Gasteiger partial charge on any atom is -0.497 e. The minimum absolute atomic E-state index is 0.101. The number of aromatic amines is 1. The molecule has 0 amide bonds. The lowest BCUT2D eigenvalue weighted by molar-refractivity contribution is 0.145. The molecule has 3 nitrogen and oxygen atoms in total. The summed E-state index contributed by atoms with van der Waals surface area (Å²) in [5.41, 5.74) is 4.61. The second kappa shape index (κ2) is 7.92. The first-order valence-electron chi connectivity index (χ1n) is 10.3. The second-order valence-electron chi connectivity index (χ2n) is 8.68. The molecular formula is C26H29NO2. The smallest absolute Gasteiger partial charge is 0.118 e. The highest BCUT2D eigenvalue weighted by Gasteiger charge is 2.22. The molecule has 0 saturated carbocycles. The van der Waals surface area contributed by atoms with Gasteiger partial charge in [0.25, 0.3) is 0 Å². The Morgan fingerprint density at radius 1 is 0.931 bits per heavy atom. The summed E-state index contributed by atoms with van der Waals surface area (Å²) in [6.07, 6.45) is 2.18. The molecule has 4 rings (SSSR count). The molecule has 29 heavy (non-hydrogen) atoms. The first-order valence-corrected chi connectivity index (χ1v) is 10.3. The fourth-order valence-electron chi connectivity index (χ4n) is 4.28. The summed E-state index contributed by atoms with van der Waals surface area (Å²) in [4.78, 5) is 3.47. The van der Waals surface area contributed by atoms with Gasteiger partial charge in [0.2, 0.25) is 0 Å². The largest absolute Gasteiger partial charge is 0.497 e. The Morgan fingerprint density at radius 2 is 1.66 bits per heavy atom. The van der Waals surface area contributed by atoms with Crippen LogP contribution < -0.4 is 4.74 Å². The van der Waals surface area contributed by atoms with E-state index in [4.69, 9.17) is 4.74 Å². The predicted molar refractivity (Wildman–Crippen MR) is 120 cm³/mol. The molecular weight excluding hydrogens is 358 g/mol. The number of aliphatic hydroxyl groups excluding tert-OH is 1. The van der Waals surface area contributed by atoms with Crippen LogP contribution in [-0.2, 0) is 6.42 Å². The lowest BCUT2D eigenvalue weighted by atomic mass is 9.80. The Labute approximate surface area is 172 Å². The molecule has 0 aliphatic heterocycles. The normalized spacial score (nSPS) is 13.1. The molecule has 0 aliphatic rings. The van der Waals surface area contributed by atoms with Crippen LogP contribution in [0, 0.1) is 5.41 Å². The molecule has 1 aromatic heterocycles. The monoisotopic (exact) mass is 387 g/mol. The molecule has 4 aromatic rings. The van der Waals surface area contributed by atoms with Crippen molar-refractivity contribution in [3.63, 3.8) is 0 Å². The number of fused-ring (bicyclic) bond motifs is 3. The second-order valence-corrected chi connectivity index (χ2v) is 8.68. The lowest BCUT2D eigenvalue weighted by Gasteiger charge is -2.26. The van der Waals surface area contributed by atoms with E-state index in [9.17, 15) is 5.11 Å². The Bertz CT molecular complexity index is 1110. The maximum atomic E-state index is 11.1. The molecule has 0 bridgehead atoms. The van der Waals surface area contributed by atoms with Gasteiger partial charge in [-0.05, 0) is 60.1 Å². The maximum absolute atomic E-state index is 11.1. The van der Waals surface area contributed by atoms with Crippen molar-refractivity contribution in [1.82, 2.24) is 4.98 Å². The van der Waals surface area contributed by atoms with Crippen molar-refractivity contribution in [2.24, 2.45) is 5.41 Å². The highest BCUT2D eigenvalue weighted by Crippen LogP contribution is 2.36. The summed E-state index contributed by atoms with van der Waals surface area (Å²) in [5.74, 6) is 0.883. The quantitative estimate of drug-likeness (QED) is 0.385. The third-order valence-corrected chi connectivity index (χ3v) is 5.86. The number of ether oxygens (including phenoxy) is 1. The molecule has 1 heterocycles. The van der Waals surface area contributed by atoms with Gasteiger partial charge in [0.1, 0.15) is 5.75 Å². The average molecular weight is 388 g/mol. The first kappa shape index (κ1) is 19.5. The summed E-state index contributed by atoms with van der Waals surface area (Å²) in [5, 5.41) is 13.4. The maximum Gasteiger partial charge on any atom is 0.118 e. The number of aromatic nitrogens is 1. The third-order valence-electron chi connectivity index (χ3n) is 5.86. The summed E-state index contributed by atoms with van der Waals surface area (Å²) >= 11 is 0. The van der Waals surface area contributed by atoms with E-state index < -0.39 is 6.10 Å². The SMILES string of the molecule is COc1ccc(CC(C)(C)CC[C@H](O)c2cccc3[nH]c4ccccc4c23)cc1. The zero-order chi connectivity index (χ0) is 20.4. The van der Waals surface area contributed by atoms with E-state index in [0.29, 0.717) is 0 Å². The van der Waals surface area contributed by atoms with Crippen LogP contribution in [0.3, 0.4) is 0 Å². The van der Waals surface area contributed by atoms with Crippen LogP contribution in [0.15, 0.2) is 66.7 Å². The van der Waals surface area contributed by atoms with Gasteiger partial charge in [0.05, 0.1) is 13.2 Å². The Hall–Kier alpha value is -2.78. The number of nitrogens with one attached hydrogen (secondary N) is 1. The van der Waals surface area contributed by atoms with E-state index in [0.717, 1.165) is 47.0 Å². The highest BCUT2D eigenvalue weighted by atomic mass is 16.5. The fourth-order valence-corrected chi connectivity index (χ4v) is 4.28. The summed E-state index contributed by atoms with van der Waals surface area (Å²) in [7, 11) is 1.69. The van der Waals surface area contributed by atoms with Gasteiger partial charge in [-0.15, -0.1) is 0 Å². The molecule has 0 spiro atoms. The molecule has 3 heteroatoms. The molecule has 3 aromatic carbocycles. The van der Waals surface area contributed by atoms with E-state index in [-0.39, 0.29) is 5.41 Å². The number of rotatable bonds is 7. The Balaban J connectivity index is 1.51. The van der Waals surface area contributed by atoms with Crippen molar-refractivity contribution in [2.75, 3.05) is 7.11 Å². The van der Waals surface area contributed by atoms with Crippen molar-refractivity contribution in [1.29, 1.82) is 0 Å². The fraction of sp³-hybridized carbons (Fsp3) is 0.308. The van der Waals surface area contributed by atoms with E-state index in [1.165, 1.54) is 10.9 Å². The Morgan fingerprint density at radius 3 is 2.41 bits per heavy atom. The number of para-hydroxylation sites is 1. The standard InChI is InChI=1S/C26H29NO2/c1-26(2,17-18-11-13-19(29-3)14-12-18)16-15-24(28)21-8-6-10-23-25(21)20-7-4-5-9-22(20)27-23/h4-14,24,27-28H,15-17H2,1-3H3/t24-/m0/s1. The Kier molecular flexibility index (Phi) is 5.33. The summed E-state index contributed by atoms with van der Waals surface area (Å²) < 4.78 is 5.25. The van der Waals surface area contributed by atoms with Crippen LogP contribution in [0.25, 0.3) is 21.8 Å². The van der Waals surface area contributed by atoms with E-state index in [1.54, 1.807) is 7.11 Å². The number of aliphatic hydroxyl groups is 1. The van der Waals surface area contributed by atoms with E-state index in [1.807, 2.05) is 24.3 Å². The molecule has 0 fully saturated rings. The van der Waals surface area contributed by atoms with Gasteiger partial charge in [-0.25, -0.2) is 0 Å². The van der Waals surface area contributed by atoms with Crippen LogP contribution >= 0.6 is 0 Å². The van der Waals surface area contributed by atoms with Gasteiger partial charge in [0, 0.05) is 21.8 Å². The molecule has 0 aliphatic carbocycles. The van der Waals surface area contributed by atoms with E-state index >= 15 is 0 Å². The van der Waals surface area contributed by atoms with Crippen molar-refractivity contribution in [3.05, 3.63) is 77.9 Å². The number of hydrogen-bond acceptors (Lipinski definition) is 2. The molecule has 0 radical (unpaired) electrons. The van der Waals surface area contributed by atoms with Crippen LogP contribution in [0.4, 0.5) is 0 Å². The number of benzene rings is 3. The molecule has 0 saturated heterocycles. The number of hydrogen-bond donors (Lipinski definition) is 2. The van der Waals surface area contributed by atoms with Gasteiger partial charge in [-0.3, -0.25) is 0 Å². The van der Waals surface area contributed by atoms with Gasteiger partial charge in [0.15, 0.2) is 0 Å². The van der Waals surface area contributed by atoms with Crippen LogP contribution in [0.1, 0.15) is 43.9 Å². The van der Waals surface area contributed by atoms with Gasteiger partial charge >= 0.3 is 0 Å². The third kappa shape index (κ3) is 4.15. The topological polar surface area (TPSA) is 45.2 Å². The molecule has 1 atom stereocenters. The van der Waals surface area contributed by atoms with Crippen LogP contribution in [0.5, 0.6) is 5.75 Å². The molecule has 2 N–H and O–H groups in total. The van der Waals surface area contributed by atoms with Crippen molar-refractivity contribution < 1.29 is 9.84 Å². The zero-order valence-electron chi connectivity index (χ0n) is 17.4. The minimum atomic E-state index is -0.479. The zero-order valence-corrected chi connectivity index (χ0v) is 17.4. The lowest BCUT2D eigenvalue weighted by Crippen LogP contribution is -2.16. The highest BCUT2D eigenvalue weighted by molar-refractivity contribution is 6.09. The summed E-state index contributed by atoms with van der Waals surface area (Å²) in [6.45, 7) is 4.55. The first-order chi connectivity index (χ1) is 14.0. The number of methoxy groups -OCH3 is 1. The molecule has 150 valence electrons. The van der Waals surface area contributed by atoms with Gasteiger partial charge in [-0.1, -0.05) is 56.3 Å². The van der Waals surface area contributed by atoms with Gasteiger partial charge in [-0.2, -0.15) is 0 Å². The van der Waals surface area contributed by atoms with Crippen LogP contribution in [0.2, 0.25) is 0 Å². The predicted octanol–water partition coefficient (Wildman–Crippen LogP) is 6.41. The average Bonchev–Trinajstić information content (AvgIpc) is 3.11. The van der Waals surface area contributed by atoms with Gasteiger partial charge < -0.3 is 14.8 Å². The van der Waals surface area contributed by atoms with Crippen molar-refractivity contribution in [3.8, 4) is 5.75 Å². The summed E-state index contributed by atoms with van der Waals surface area (Å²) in [6, 6.07) is 22.7. The van der Waals surface area contributed by atoms with Crippen molar-refractivity contribution in [2.45, 2.75) is 39.2 Å². The van der Waals surface area contributed by atoms with E-state index in [2.05, 4.69) is 61.3 Å².